The minimum absolute atomic E-state index is 0.205. The zero-order valence-electron chi connectivity index (χ0n) is 22.2. The van der Waals surface area contributed by atoms with Crippen molar-refractivity contribution in [2.45, 2.75) is 45.1 Å². The lowest BCUT2D eigenvalue weighted by molar-refractivity contribution is -0.145. The molecule has 0 saturated heterocycles. The number of aromatic nitrogens is 2. The van der Waals surface area contributed by atoms with Crippen LogP contribution in [0.4, 0.5) is 0 Å². The van der Waals surface area contributed by atoms with Gasteiger partial charge in [-0.05, 0) is 50.5 Å². The van der Waals surface area contributed by atoms with Gasteiger partial charge in [0.25, 0.3) is 5.56 Å². The second kappa shape index (κ2) is 13.5. The number of carbonyl (C=O) groups excluding carboxylic acids is 1. The molecule has 12 heteroatoms. The number of aryl methyl sites for hydroxylation is 2. The van der Waals surface area contributed by atoms with E-state index < -0.39 is 43.3 Å². The van der Waals surface area contributed by atoms with Crippen molar-refractivity contribution in [1.29, 1.82) is 0 Å². The maximum Gasteiger partial charge on any atom is 0.459 e. The second-order valence-corrected chi connectivity index (χ2v) is 10.9. The third-order valence-electron chi connectivity index (χ3n) is 6.00. The Labute approximate surface area is 231 Å². The number of nitrogens with zero attached hydrogens (tertiary/aromatic N) is 1. The highest BCUT2D eigenvalue weighted by molar-refractivity contribution is 7.52. The molecule has 4 rings (SSSR count). The van der Waals surface area contributed by atoms with E-state index in [1.807, 2.05) is 30.3 Å². The van der Waals surface area contributed by atoms with Crippen molar-refractivity contribution < 1.29 is 27.9 Å². The fourth-order valence-corrected chi connectivity index (χ4v) is 5.41. The minimum atomic E-state index is -4.09. The molecule has 0 bridgehead atoms. The van der Waals surface area contributed by atoms with Crippen LogP contribution >= 0.6 is 7.75 Å². The van der Waals surface area contributed by atoms with Gasteiger partial charge in [-0.25, -0.2) is 9.36 Å². The van der Waals surface area contributed by atoms with Gasteiger partial charge in [0, 0.05) is 11.8 Å². The summed E-state index contributed by atoms with van der Waals surface area (Å²) in [4.78, 5) is 38.7. The van der Waals surface area contributed by atoms with Crippen LogP contribution < -0.4 is 20.9 Å². The smallest absolute Gasteiger partial charge is 0.459 e. The largest absolute Gasteiger partial charge is 0.465 e. The molecule has 2 aromatic carbocycles. The Morgan fingerprint density at radius 3 is 2.52 bits per heavy atom. The van der Waals surface area contributed by atoms with Gasteiger partial charge in [-0.2, -0.15) is 5.09 Å². The van der Waals surface area contributed by atoms with E-state index in [9.17, 15) is 18.9 Å². The lowest BCUT2D eigenvalue weighted by atomic mass is 10.1. The first kappa shape index (κ1) is 29.2. The van der Waals surface area contributed by atoms with Gasteiger partial charge in [-0.1, -0.05) is 54.6 Å². The van der Waals surface area contributed by atoms with E-state index in [1.165, 1.54) is 17.7 Å². The maximum absolute atomic E-state index is 13.7. The highest BCUT2D eigenvalue weighted by Gasteiger charge is 2.34. The number of hydrogen-bond acceptors (Lipinski definition) is 8. The van der Waals surface area contributed by atoms with Crippen LogP contribution in [-0.2, 0) is 29.8 Å². The Kier molecular flexibility index (Phi) is 9.89. The summed E-state index contributed by atoms with van der Waals surface area (Å²) >= 11 is 0. The Hall–Kier alpha value is -3.76. The summed E-state index contributed by atoms with van der Waals surface area (Å²) in [7, 11) is -4.09. The molecule has 0 fully saturated rings. The summed E-state index contributed by atoms with van der Waals surface area (Å²) in [6, 6.07) is 17.3. The number of para-hydroxylation sites is 1. The zero-order chi connectivity index (χ0) is 28.5. The van der Waals surface area contributed by atoms with Gasteiger partial charge in [-0.15, -0.1) is 0 Å². The predicted octanol–water partition coefficient (Wildman–Crippen LogP) is 3.66. The van der Waals surface area contributed by atoms with Gasteiger partial charge in [0.05, 0.1) is 13.2 Å². The normalized spacial score (nSPS) is 18.6. The number of carbonyl (C=O) groups is 1. The fraction of sp³-hybridized carbons (Fsp3) is 0.321. The molecular weight excluding hydrogens is 537 g/mol. The maximum atomic E-state index is 13.7. The molecule has 2 N–H and O–H groups in total. The molecule has 0 spiro atoms. The van der Waals surface area contributed by atoms with Gasteiger partial charge < -0.3 is 14.0 Å². The minimum Gasteiger partial charge on any atom is -0.465 e. The predicted molar refractivity (Wildman–Crippen MR) is 148 cm³/mol. The first-order valence-corrected chi connectivity index (χ1v) is 14.4. The molecule has 3 aromatic rings. The first-order valence-electron chi connectivity index (χ1n) is 12.9. The van der Waals surface area contributed by atoms with Crippen molar-refractivity contribution in [3.8, 4) is 5.75 Å². The van der Waals surface area contributed by atoms with Crippen LogP contribution in [0.3, 0.4) is 0 Å². The number of ether oxygens (including phenoxy) is 2. The Morgan fingerprint density at radius 1 is 1.10 bits per heavy atom. The van der Waals surface area contributed by atoms with Crippen LogP contribution in [0.2, 0.25) is 0 Å². The molecule has 11 nitrogen and oxygen atoms in total. The molecule has 0 amide bonds. The Morgan fingerprint density at radius 2 is 1.80 bits per heavy atom. The van der Waals surface area contributed by atoms with Crippen LogP contribution in [0.15, 0.2) is 88.6 Å². The average molecular weight is 570 g/mol. The molecule has 4 atom stereocenters. The lowest BCUT2D eigenvalue weighted by Gasteiger charge is -2.24. The number of hydrogen-bond donors (Lipinski definition) is 2. The van der Waals surface area contributed by atoms with Gasteiger partial charge in [0.15, 0.2) is 6.23 Å². The molecule has 1 aliphatic rings. The van der Waals surface area contributed by atoms with Crippen LogP contribution in [0.25, 0.3) is 0 Å². The molecule has 40 heavy (non-hydrogen) atoms. The summed E-state index contributed by atoms with van der Waals surface area (Å²) in [5.41, 5.74) is 0.395. The van der Waals surface area contributed by atoms with Crippen molar-refractivity contribution >= 4 is 13.7 Å². The molecule has 1 aliphatic heterocycles. The molecule has 1 aromatic heterocycles. The Balaban J connectivity index is 1.34. The van der Waals surface area contributed by atoms with Gasteiger partial charge in [0.2, 0.25) is 0 Å². The SMILES string of the molecule is Cc1cn([C@H]2C=C[C@@H](COP(=O)(N[C@@H](C)C(=O)OCCCc3ccccc3)Oc3ccccc3)O2)c(=O)[nH]c1=O. The van der Waals surface area contributed by atoms with E-state index in [4.69, 9.17) is 18.5 Å². The van der Waals surface area contributed by atoms with Crippen LogP contribution in [-0.4, -0.2) is 40.9 Å². The third kappa shape index (κ3) is 8.12. The molecule has 0 aliphatic carbocycles. The van der Waals surface area contributed by atoms with E-state index >= 15 is 0 Å². The number of H-pyrrole nitrogens is 1. The quantitative estimate of drug-likeness (QED) is 0.137. The highest BCUT2D eigenvalue weighted by atomic mass is 31.2. The average Bonchev–Trinajstić information content (AvgIpc) is 3.42. The van der Waals surface area contributed by atoms with Crippen molar-refractivity contribution in [1.82, 2.24) is 14.6 Å². The molecule has 212 valence electrons. The van der Waals surface area contributed by atoms with Crippen LogP contribution in [0, 0.1) is 6.92 Å². The van der Waals surface area contributed by atoms with Crippen LogP contribution in [0.1, 0.15) is 30.7 Å². The van der Waals surface area contributed by atoms with Crippen molar-refractivity contribution in [3.63, 3.8) is 0 Å². The van der Waals surface area contributed by atoms with E-state index in [0.717, 1.165) is 12.0 Å². The van der Waals surface area contributed by atoms with E-state index in [2.05, 4.69) is 10.1 Å². The van der Waals surface area contributed by atoms with Gasteiger partial charge >= 0.3 is 19.4 Å². The molecular formula is C28H32N3O8P. The Bertz CT molecular complexity index is 1470. The van der Waals surface area contributed by atoms with Crippen LogP contribution in [0.5, 0.6) is 5.75 Å². The number of benzene rings is 2. The van der Waals surface area contributed by atoms with Gasteiger partial charge in [-0.3, -0.25) is 23.7 Å². The molecule has 1 unspecified atom stereocenters. The number of nitrogens with one attached hydrogen (secondary N) is 2. The number of esters is 1. The first-order chi connectivity index (χ1) is 19.2. The van der Waals surface area contributed by atoms with E-state index in [-0.39, 0.29) is 19.0 Å². The number of rotatable bonds is 13. The standard InChI is InChI=1S/C28H32N3O8P/c1-20-18-31(28(34)29-26(20)32)25-16-15-24(38-25)19-37-40(35,39-23-13-7-4-8-14-23)30-21(2)27(33)36-17-9-12-22-10-5-3-6-11-22/h3-8,10-11,13-16,18,21,24-25H,9,12,17,19H2,1-2H3,(H,30,35)(H,29,32,34)/t21-,24-,25+,40?/m0/s1. The summed E-state index contributed by atoms with van der Waals surface area (Å²) in [6.45, 7) is 3.08. The second-order valence-electron chi connectivity index (χ2n) is 9.23. The van der Waals surface area contributed by atoms with E-state index in [0.29, 0.717) is 12.0 Å². The topological polar surface area (TPSA) is 138 Å². The van der Waals surface area contributed by atoms with Crippen molar-refractivity contribution in [2.24, 2.45) is 0 Å². The summed E-state index contributed by atoms with van der Waals surface area (Å²) in [5, 5.41) is 2.65. The zero-order valence-corrected chi connectivity index (χ0v) is 23.1. The lowest BCUT2D eigenvalue weighted by Crippen LogP contribution is -2.36. The summed E-state index contributed by atoms with van der Waals surface area (Å²) in [6.07, 6.45) is 4.60. The summed E-state index contributed by atoms with van der Waals surface area (Å²) < 4.78 is 37.5. The third-order valence-corrected chi connectivity index (χ3v) is 7.65. The highest BCUT2D eigenvalue weighted by Crippen LogP contribution is 2.45. The van der Waals surface area contributed by atoms with Crippen molar-refractivity contribution in [3.05, 3.63) is 111 Å². The van der Waals surface area contributed by atoms with Gasteiger partial charge in [0.1, 0.15) is 17.9 Å². The fourth-order valence-electron chi connectivity index (χ4n) is 3.91. The van der Waals surface area contributed by atoms with E-state index in [1.54, 1.807) is 49.4 Å². The molecule has 0 radical (unpaired) electrons. The molecule has 2 heterocycles. The molecule has 0 saturated carbocycles. The van der Waals surface area contributed by atoms with Crippen molar-refractivity contribution in [2.75, 3.05) is 13.2 Å². The summed E-state index contributed by atoms with van der Waals surface area (Å²) in [5.74, 6) is -0.323. The monoisotopic (exact) mass is 569 g/mol. The number of aromatic amines is 1.